The van der Waals surface area contributed by atoms with Crippen LogP contribution in [0.4, 0.5) is 13.2 Å². The Labute approximate surface area is 169 Å². The Morgan fingerprint density at radius 3 is 2.45 bits per heavy atom. The standard InChI is InChI=1S/C20H29F3N4O2/c1-19(2,3)29-17(28)11-25-18(24-4)26-16-9-10-27(13-16)12-14-5-7-15(8-6-14)20(21,22)23/h5-8,16H,9-13H2,1-4H3,(H2,24,25,26). The van der Waals surface area contributed by atoms with Crippen molar-refractivity contribution < 1.29 is 22.7 Å². The van der Waals surface area contributed by atoms with Crippen molar-refractivity contribution in [2.45, 2.75) is 51.6 Å². The normalized spacial score (nSPS) is 18.6. The molecule has 0 amide bonds. The zero-order valence-corrected chi connectivity index (χ0v) is 17.3. The highest BCUT2D eigenvalue weighted by molar-refractivity contribution is 5.84. The molecule has 29 heavy (non-hydrogen) atoms. The summed E-state index contributed by atoms with van der Waals surface area (Å²) in [5.74, 6) is 0.146. The van der Waals surface area contributed by atoms with Crippen LogP contribution in [0, 0.1) is 0 Å². The number of rotatable bonds is 5. The highest BCUT2D eigenvalue weighted by Gasteiger charge is 2.30. The predicted molar refractivity (Wildman–Crippen MR) is 105 cm³/mol. The molecule has 0 aliphatic carbocycles. The number of guanidine groups is 1. The molecule has 1 aliphatic rings. The molecule has 9 heteroatoms. The average molecular weight is 414 g/mol. The number of alkyl halides is 3. The Bertz CT molecular complexity index is 712. The third-order valence-corrected chi connectivity index (χ3v) is 4.34. The number of carbonyl (C=O) groups excluding carboxylic acids is 1. The number of hydrogen-bond acceptors (Lipinski definition) is 4. The lowest BCUT2D eigenvalue weighted by Gasteiger charge is -2.21. The third-order valence-electron chi connectivity index (χ3n) is 4.34. The minimum Gasteiger partial charge on any atom is -0.459 e. The molecular weight excluding hydrogens is 385 g/mol. The molecule has 0 bridgehead atoms. The lowest BCUT2D eigenvalue weighted by atomic mass is 10.1. The summed E-state index contributed by atoms with van der Waals surface area (Å²) in [7, 11) is 1.62. The molecule has 162 valence electrons. The van der Waals surface area contributed by atoms with E-state index in [2.05, 4.69) is 20.5 Å². The summed E-state index contributed by atoms with van der Waals surface area (Å²) in [6.45, 7) is 7.57. The Morgan fingerprint density at radius 1 is 1.24 bits per heavy atom. The second-order valence-electron chi connectivity index (χ2n) is 8.07. The van der Waals surface area contributed by atoms with Gasteiger partial charge >= 0.3 is 12.1 Å². The lowest BCUT2D eigenvalue weighted by Crippen LogP contribution is -2.46. The molecule has 1 aliphatic heterocycles. The average Bonchev–Trinajstić information content (AvgIpc) is 3.03. The molecule has 1 fully saturated rings. The van der Waals surface area contributed by atoms with Crippen LogP contribution in [0.1, 0.15) is 38.3 Å². The number of carbonyl (C=O) groups is 1. The SMILES string of the molecule is CN=C(NCC(=O)OC(C)(C)C)NC1CCN(Cc2ccc(C(F)(F)F)cc2)C1. The first-order valence-electron chi connectivity index (χ1n) is 9.54. The molecular formula is C20H29F3N4O2. The maximum Gasteiger partial charge on any atom is 0.416 e. The molecule has 1 heterocycles. The van der Waals surface area contributed by atoms with Gasteiger partial charge in [-0.05, 0) is 44.9 Å². The van der Waals surface area contributed by atoms with E-state index in [-0.39, 0.29) is 18.6 Å². The largest absolute Gasteiger partial charge is 0.459 e. The van der Waals surface area contributed by atoms with Crippen molar-refractivity contribution in [3.05, 3.63) is 35.4 Å². The van der Waals surface area contributed by atoms with Crippen LogP contribution in [0.2, 0.25) is 0 Å². The lowest BCUT2D eigenvalue weighted by molar-refractivity contribution is -0.153. The third kappa shape index (κ3) is 7.92. The Balaban J connectivity index is 1.79. The van der Waals surface area contributed by atoms with E-state index in [0.717, 1.165) is 37.2 Å². The van der Waals surface area contributed by atoms with E-state index in [1.807, 2.05) is 20.8 Å². The first kappa shape index (κ1) is 23.0. The Hall–Kier alpha value is -2.29. The van der Waals surface area contributed by atoms with Crippen molar-refractivity contribution in [3.63, 3.8) is 0 Å². The Kier molecular flexibility index (Phi) is 7.51. The van der Waals surface area contributed by atoms with Gasteiger partial charge in [-0.15, -0.1) is 0 Å². The molecule has 1 aromatic carbocycles. The zero-order valence-electron chi connectivity index (χ0n) is 17.3. The van der Waals surface area contributed by atoms with Gasteiger partial charge in [0.15, 0.2) is 5.96 Å². The second kappa shape index (κ2) is 9.47. The smallest absolute Gasteiger partial charge is 0.416 e. The van der Waals surface area contributed by atoms with Crippen molar-refractivity contribution in [3.8, 4) is 0 Å². The number of nitrogens with one attached hydrogen (secondary N) is 2. The summed E-state index contributed by atoms with van der Waals surface area (Å²) in [6.07, 6.45) is -3.45. The van der Waals surface area contributed by atoms with Crippen LogP contribution >= 0.6 is 0 Å². The summed E-state index contributed by atoms with van der Waals surface area (Å²) < 4.78 is 43.2. The van der Waals surface area contributed by atoms with Gasteiger partial charge in [-0.3, -0.25) is 14.7 Å². The first-order chi connectivity index (χ1) is 13.5. The van der Waals surface area contributed by atoms with Crippen molar-refractivity contribution in [1.29, 1.82) is 0 Å². The van der Waals surface area contributed by atoms with E-state index < -0.39 is 17.3 Å². The minimum absolute atomic E-state index is 0.0128. The van der Waals surface area contributed by atoms with Crippen LogP contribution in [-0.4, -0.2) is 55.2 Å². The van der Waals surface area contributed by atoms with Gasteiger partial charge in [-0.2, -0.15) is 13.2 Å². The number of ether oxygens (including phenoxy) is 1. The molecule has 2 N–H and O–H groups in total. The summed E-state index contributed by atoms with van der Waals surface area (Å²) >= 11 is 0. The molecule has 0 radical (unpaired) electrons. The fourth-order valence-corrected chi connectivity index (χ4v) is 3.07. The van der Waals surface area contributed by atoms with E-state index in [4.69, 9.17) is 4.74 Å². The molecule has 0 saturated carbocycles. The van der Waals surface area contributed by atoms with Gasteiger partial charge in [0.1, 0.15) is 12.1 Å². The van der Waals surface area contributed by atoms with Gasteiger partial charge in [0, 0.05) is 32.7 Å². The molecule has 0 spiro atoms. The number of aliphatic imine (C=N–C) groups is 1. The van der Waals surface area contributed by atoms with E-state index in [0.29, 0.717) is 12.5 Å². The zero-order chi connectivity index (χ0) is 21.7. The summed E-state index contributed by atoms with van der Waals surface area (Å²) in [6, 6.07) is 5.40. The number of nitrogens with zero attached hydrogens (tertiary/aromatic N) is 2. The second-order valence-corrected chi connectivity index (χ2v) is 8.07. The van der Waals surface area contributed by atoms with E-state index >= 15 is 0 Å². The van der Waals surface area contributed by atoms with Crippen molar-refractivity contribution in [2.24, 2.45) is 4.99 Å². The quantitative estimate of drug-likeness (QED) is 0.441. The van der Waals surface area contributed by atoms with Crippen LogP contribution in [0.5, 0.6) is 0 Å². The van der Waals surface area contributed by atoms with Gasteiger partial charge in [0.05, 0.1) is 5.56 Å². The minimum atomic E-state index is -4.32. The summed E-state index contributed by atoms with van der Waals surface area (Å²) in [5.41, 5.74) is -0.340. The van der Waals surface area contributed by atoms with Crippen LogP contribution in [0.3, 0.4) is 0 Å². The van der Waals surface area contributed by atoms with Crippen LogP contribution in [0.15, 0.2) is 29.3 Å². The van der Waals surface area contributed by atoms with Gasteiger partial charge in [0.25, 0.3) is 0 Å². The summed E-state index contributed by atoms with van der Waals surface area (Å²) in [4.78, 5) is 18.1. The van der Waals surface area contributed by atoms with Crippen LogP contribution in [-0.2, 0) is 22.3 Å². The molecule has 2 rings (SSSR count). The molecule has 1 unspecified atom stereocenters. The van der Waals surface area contributed by atoms with Gasteiger partial charge < -0.3 is 15.4 Å². The number of benzene rings is 1. The highest BCUT2D eigenvalue weighted by Crippen LogP contribution is 2.29. The fraction of sp³-hybridized carbons (Fsp3) is 0.600. The molecule has 1 atom stereocenters. The summed E-state index contributed by atoms with van der Waals surface area (Å²) in [5, 5.41) is 6.21. The number of hydrogen-bond donors (Lipinski definition) is 2. The van der Waals surface area contributed by atoms with Crippen LogP contribution in [0.25, 0.3) is 0 Å². The topological polar surface area (TPSA) is 66.0 Å². The first-order valence-corrected chi connectivity index (χ1v) is 9.54. The number of likely N-dealkylation sites (tertiary alicyclic amines) is 1. The Morgan fingerprint density at radius 2 is 1.90 bits per heavy atom. The van der Waals surface area contributed by atoms with Crippen molar-refractivity contribution >= 4 is 11.9 Å². The van der Waals surface area contributed by atoms with Crippen molar-refractivity contribution in [1.82, 2.24) is 15.5 Å². The van der Waals surface area contributed by atoms with E-state index in [1.165, 1.54) is 12.1 Å². The number of halogens is 3. The highest BCUT2D eigenvalue weighted by atomic mass is 19.4. The van der Waals surface area contributed by atoms with Crippen molar-refractivity contribution in [2.75, 3.05) is 26.7 Å². The molecule has 6 nitrogen and oxygen atoms in total. The van der Waals surface area contributed by atoms with Gasteiger partial charge in [-0.25, -0.2) is 0 Å². The maximum atomic E-state index is 12.7. The predicted octanol–water partition coefficient (Wildman–Crippen LogP) is 2.79. The van der Waals surface area contributed by atoms with E-state index in [9.17, 15) is 18.0 Å². The van der Waals surface area contributed by atoms with Gasteiger partial charge in [0.2, 0.25) is 0 Å². The monoisotopic (exact) mass is 414 g/mol. The van der Waals surface area contributed by atoms with Gasteiger partial charge in [-0.1, -0.05) is 12.1 Å². The van der Waals surface area contributed by atoms with E-state index in [1.54, 1.807) is 7.05 Å². The maximum absolute atomic E-state index is 12.7. The molecule has 0 aromatic heterocycles. The molecule has 1 saturated heterocycles. The fourth-order valence-electron chi connectivity index (χ4n) is 3.07. The number of esters is 1. The molecule has 1 aromatic rings. The van der Waals surface area contributed by atoms with Crippen LogP contribution < -0.4 is 10.6 Å².